The Bertz CT molecular complexity index is 495. The topological polar surface area (TPSA) is 69.6 Å². The summed E-state index contributed by atoms with van der Waals surface area (Å²) in [7, 11) is 1.67. The van der Waals surface area contributed by atoms with E-state index in [1.165, 1.54) is 16.2 Å². The van der Waals surface area contributed by atoms with Gasteiger partial charge in [0.05, 0.1) is 10.5 Å². The van der Waals surface area contributed by atoms with Gasteiger partial charge in [0.2, 0.25) is 5.91 Å². The highest BCUT2D eigenvalue weighted by Crippen LogP contribution is 2.30. The lowest BCUT2D eigenvalue weighted by molar-refractivity contribution is -0.134. The average molecular weight is 310 g/mol. The second kappa shape index (κ2) is 6.58. The van der Waals surface area contributed by atoms with Gasteiger partial charge in [-0.2, -0.15) is 0 Å². The highest BCUT2D eigenvalue weighted by Gasteiger charge is 2.34. The summed E-state index contributed by atoms with van der Waals surface area (Å²) in [5.41, 5.74) is -0.762. The number of hydrogen-bond acceptors (Lipinski definition) is 4. The van der Waals surface area contributed by atoms with Crippen molar-refractivity contribution in [3.05, 3.63) is 22.4 Å². The lowest BCUT2D eigenvalue weighted by Crippen LogP contribution is -2.49. The maximum absolute atomic E-state index is 12.3. The van der Waals surface area contributed by atoms with E-state index in [1.54, 1.807) is 26.1 Å². The zero-order valence-electron chi connectivity index (χ0n) is 12.5. The molecule has 0 bridgehead atoms. The lowest BCUT2D eigenvalue weighted by Gasteiger charge is -2.30. The number of nitrogens with zero attached hydrogens (tertiary/aromatic N) is 1. The highest BCUT2D eigenvalue weighted by atomic mass is 32.1. The van der Waals surface area contributed by atoms with Gasteiger partial charge in [-0.15, -0.1) is 11.3 Å². The molecule has 21 heavy (non-hydrogen) atoms. The number of hydrogen-bond donors (Lipinski definition) is 2. The van der Waals surface area contributed by atoms with E-state index in [0.29, 0.717) is 11.4 Å². The normalized spacial score (nSPS) is 18.2. The summed E-state index contributed by atoms with van der Waals surface area (Å²) in [5.74, 6) is -0.418. The quantitative estimate of drug-likeness (QED) is 0.868. The van der Waals surface area contributed by atoms with Gasteiger partial charge in [0.25, 0.3) is 5.91 Å². The van der Waals surface area contributed by atoms with Gasteiger partial charge in [0.1, 0.15) is 6.04 Å². The molecule has 1 heterocycles. The molecule has 1 aromatic heterocycles. The second-order valence-corrected chi connectivity index (χ2v) is 6.75. The van der Waals surface area contributed by atoms with Crippen LogP contribution in [-0.4, -0.2) is 47.1 Å². The van der Waals surface area contributed by atoms with E-state index in [2.05, 4.69) is 5.32 Å². The minimum absolute atomic E-state index is 0.180. The summed E-state index contributed by atoms with van der Waals surface area (Å²) < 4.78 is 0. The van der Waals surface area contributed by atoms with Crippen LogP contribution < -0.4 is 5.32 Å². The summed E-state index contributed by atoms with van der Waals surface area (Å²) in [4.78, 5) is 26.3. The van der Waals surface area contributed by atoms with Gasteiger partial charge in [-0.1, -0.05) is 18.9 Å². The molecule has 1 aromatic rings. The highest BCUT2D eigenvalue weighted by molar-refractivity contribution is 7.12. The second-order valence-electron chi connectivity index (χ2n) is 5.80. The number of carbonyl (C=O) groups excluding carboxylic acids is 2. The van der Waals surface area contributed by atoms with E-state index in [4.69, 9.17) is 0 Å². The van der Waals surface area contributed by atoms with Crippen LogP contribution in [0.15, 0.2) is 17.5 Å². The third kappa shape index (κ3) is 4.04. The summed E-state index contributed by atoms with van der Waals surface area (Å²) in [6, 6.07) is 2.92. The molecule has 2 rings (SSSR count). The van der Waals surface area contributed by atoms with Gasteiger partial charge in [0, 0.05) is 13.6 Å². The van der Waals surface area contributed by atoms with Crippen LogP contribution in [0.4, 0.5) is 0 Å². The van der Waals surface area contributed by atoms with Gasteiger partial charge in [0.15, 0.2) is 0 Å². The van der Waals surface area contributed by atoms with Crippen molar-refractivity contribution >= 4 is 23.2 Å². The minimum Gasteiger partial charge on any atom is -0.388 e. The SMILES string of the molecule is CC(NC(=O)c1cccs1)C(=O)N(C)CC1(O)CCCC1. The molecule has 2 N–H and O–H groups in total. The Morgan fingerprint density at radius 2 is 2.14 bits per heavy atom. The molecule has 2 amide bonds. The van der Waals surface area contributed by atoms with E-state index in [1.807, 2.05) is 5.38 Å². The Labute approximate surface area is 129 Å². The monoisotopic (exact) mass is 310 g/mol. The first kappa shape index (κ1) is 16.0. The fourth-order valence-electron chi connectivity index (χ4n) is 2.78. The van der Waals surface area contributed by atoms with Crippen molar-refractivity contribution in [3.63, 3.8) is 0 Å². The molecule has 1 aliphatic carbocycles. The van der Waals surface area contributed by atoms with Crippen molar-refractivity contribution < 1.29 is 14.7 Å². The lowest BCUT2D eigenvalue weighted by atomic mass is 10.0. The largest absolute Gasteiger partial charge is 0.388 e. The number of thiophene rings is 1. The smallest absolute Gasteiger partial charge is 0.261 e. The molecule has 0 saturated heterocycles. The first-order chi connectivity index (χ1) is 9.91. The standard InChI is InChI=1S/C15H22N2O3S/c1-11(16-13(18)12-6-5-9-21-12)14(19)17(2)10-15(20)7-3-4-8-15/h5-6,9,11,20H,3-4,7-8,10H2,1-2H3,(H,16,18). The fraction of sp³-hybridized carbons (Fsp3) is 0.600. The Morgan fingerprint density at radius 3 is 2.71 bits per heavy atom. The third-order valence-corrected chi connectivity index (χ3v) is 4.77. The van der Waals surface area contributed by atoms with Gasteiger partial charge in [-0.25, -0.2) is 0 Å². The van der Waals surface area contributed by atoms with Gasteiger partial charge >= 0.3 is 0 Å². The molecule has 0 aromatic carbocycles. The van der Waals surface area contributed by atoms with E-state index >= 15 is 0 Å². The minimum atomic E-state index is -0.762. The predicted molar refractivity (Wildman–Crippen MR) is 82.3 cm³/mol. The van der Waals surface area contributed by atoms with Crippen LogP contribution >= 0.6 is 11.3 Å². The molecule has 6 heteroatoms. The van der Waals surface area contributed by atoms with Crippen molar-refractivity contribution in [3.8, 4) is 0 Å². The number of likely N-dealkylation sites (N-methyl/N-ethyl adjacent to an activating group) is 1. The van der Waals surface area contributed by atoms with Crippen LogP contribution in [0.3, 0.4) is 0 Å². The predicted octanol–water partition coefficient (Wildman–Crippen LogP) is 1.63. The first-order valence-corrected chi connectivity index (χ1v) is 8.11. The molecule has 0 aliphatic heterocycles. The number of carbonyl (C=O) groups is 2. The van der Waals surface area contributed by atoms with Crippen LogP contribution in [0.1, 0.15) is 42.3 Å². The molecule has 1 atom stereocenters. The van der Waals surface area contributed by atoms with E-state index < -0.39 is 11.6 Å². The fourth-order valence-corrected chi connectivity index (χ4v) is 3.41. The number of aliphatic hydroxyl groups is 1. The molecule has 1 unspecified atom stereocenters. The van der Waals surface area contributed by atoms with Crippen molar-refractivity contribution in [2.45, 2.75) is 44.2 Å². The van der Waals surface area contributed by atoms with Gasteiger partial charge in [-0.05, 0) is 31.2 Å². The first-order valence-electron chi connectivity index (χ1n) is 7.23. The molecular weight excluding hydrogens is 288 g/mol. The molecule has 116 valence electrons. The third-order valence-electron chi connectivity index (χ3n) is 3.90. The van der Waals surface area contributed by atoms with Crippen molar-refractivity contribution in [2.75, 3.05) is 13.6 Å². The van der Waals surface area contributed by atoms with E-state index in [0.717, 1.165) is 25.7 Å². The van der Waals surface area contributed by atoms with Crippen LogP contribution in [0.5, 0.6) is 0 Å². The summed E-state index contributed by atoms with van der Waals surface area (Å²) in [6.45, 7) is 1.99. The van der Waals surface area contributed by atoms with Crippen LogP contribution in [-0.2, 0) is 4.79 Å². The Hall–Kier alpha value is -1.40. The van der Waals surface area contributed by atoms with Gasteiger partial charge < -0.3 is 15.3 Å². The Kier molecular flexibility index (Phi) is 5.00. The maximum Gasteiger partial charge on any atom is 0.261 e. The van der Waals surface area contributed by atoms with Crippen LogP contribution in [0.25, 0.3) is 0 Å². The number of rotatable bonds is 5. The van der Waals surface area contributed by atoms with E-state index in [-0.39, 0.29) is 11.8 Å². The number of amides is 2. The van der Waals surface area contributed by atoms with Crippen molar-refractivity contribution in [2.24, 2.45) is 0 Å². The molecule has 0 radical (unpaired) electrons. The molecular formula is C15H22N2O3S. The van der Waals surface area contributed by atoms with E-state index in [9.17, 15) is 14.7 Å². The van der Waals surface area contributed by atoms with Gasteiger partial charge in [-0.3, -0.25) is 9.59 Å². The average Bonchev–Trinajstić information content (AvgIpc) is 3.09. The van der Waals surface area contributed by atoms with Crippen molar-refractivity contribution in [1.29, 1.82) is 0 Å². The summed E-state index contributed by atoms with van der Waals surface area (Å²) in [6.07, 6.45) is 3.48. The maximum atomic E-state index is 12.3. The summed E-state index contributed by atoms with van der Waals surface area (Å²) >= 11 is 1.34. The Morgan fingerprint density at radius 1 is 1.48 bits per heavy atom. The molecule has 1 fully saturated rings. The number of nitrogens with one attached hydrogen (secondary N) is 1. The molecule has 1 saturated carbocycles. The molecule has 1 aliphatic rings. The summed E-state index contributed by atoms with van der Waals surface area (Å²) in [5, 5.41) is 14.9. The molecule has 5 nitrogen and oxygen atoms in total. The zero-order valence-corrected chi connectivity index (χ0v) is 13.3. The van der Waals surface area contributed by atoms with Crippen LogP contribution in [0, 0.1) is 0 Å². The molecule has 0 spiro atoms. The van der Waals surface area contributed by atoms with Crippen LogP contribution in [0.2, 0.25) is 0 Å². The van der Waals surface area contributed by atoms with Crippen molar-refractivity contribution in [1.82, 2.24) is 10.2 Å². The Balaban J connectivity index is 1.88. The zero-order chi connectivity index (χ0) is 15.5.